The monoisotopic (exact) mass is 212 g/mol. The number of benzene rings is 1. The van der Waals surface area contributed by atoms with Crippen LogP contribution in [0, 0.1) is 11.6 Å². The highest BCUT2D eigenvalue weighted by Gasteiger charge is 2.28. The Morgan fingerprint density at radius 2 is 2.20 bits per heavy atom. The lowest BCUT2D eigenvalue weighted by molar-refractivity contribution is -0.137. The summed E-state index contributed by atoms with van der Waals surface area (Å²) in [7, 11) is 0. The molecule has 1 aliphatic carbocycles. The van der Waals surface area contributed by atoms with Gasteiger partial charge in [-0.1, -0.05) is 0 Å². The van der Waals surface area contributed by atoms with E-state index in [1.54, 1.807) is 0 Å². The second-order valence-electron chi connectivity index (χ2n) is 3.79. The molecular formula is C11H10F2O2. The highest BCUT2D eigenvalue weighted by Crippen LogP contribution is 2.37. The standard InChI is InChI=1S/C11H10F2O2/c12-8-3-6-1-2-7(4-10(14)15)11(6)9(13)5-8/h3,5,7H,1-2,4H2,(H,14,15). The Morgan fingerprint density at radius 1 is 1.47 bits per heavy atom. The molecule has 0 radical (unpaired) electrons. The molecule has 1 atom stereocenters. The van der Waals surface area contributed by atoms with Crippen LogP contribution in [0.15, 0.2) is 12.1 Å². The zero-order chi connectivity index (χ0) is 11.0. The lowest BCUT2D eigenvalue weighted by atomic mass is 9.97. The summed E-state index contributed by atoms with van der Waals surface area (Å²) in [6.45, 7) is 0. The van der Waals surface area contributed by atoms with Gasteiger partial charge >= 0.3 is 5.97 Å². The van der Waals surface area contributed by atoms with Crippen molar-refractivity contribution in [2.24, 2.45) is 0 Å². The minimum absolute atomic E-state index is 0.0877. The number of hydrogen-bond donors (Lipinski definition) is 1. The molecule has 0 aromatic heterocycles. The molecule has 2 rings (SSSR count). The first-order valence-corrected chi connectivity index (χ1v) is 4.77. The van der Waals surface area contributed by atoms with Gasteiger partial charge in [-0.3, -0.25) is 4.79 Å². The molecule has 0 saturated heterocycles. The number of aliphatic carboxylic acids is 1. The molecule has 2 nitrogen and oxygen atoms in total. The van der Waals surface area contributed by atoms with E-state index in [0.29, 0.717) is 24.0 Å². The van der Waals surface area contributed by atoms with Crippen molar-refractivity contribution >= 4 is 5.97 Å². The topological polar surface area (TPSA) is 37.3 Å². The van der Waals surface area contributed by atoms with Gasteiger partial charge < -0.3 is 5.11 Å². The second kappa shape index (κ2) is 3.61. The second-order valence-corrected chi connectivity index (χ2v) is 3.79. The number of hydrogen-bond acceptors (Lipinski definition) is 1. The molecule has 15 heavy (non-hydrogen) atoms. The third-order valence-corrected chi connectivity index (χ3v) is 2.77. The molecule has 0 saturated carbocycles. The van der Waals surface area contributed by atoms with Crippen LogP contribution < -0.4 is 0 Å². The summed E-state index contributed by atoms with van der Waals surface area (Å²) in [5.74, 6) is -2.47. The first kappa shape index (κ1) is 10.1. The van der Waals surface area contributed by atoms with E-state index in [9.17, 15) is 13.6 Å². The number of carboxylic acids is 1. The molecular weight excluding hydrogens is 202 g/mol. The first-order chi connectivity index (χ1) is 7.08. The minimum Gasteiger partial charge on any atom is -0.481 e. The van der Waals surface area contributed by atoms with Gasteiger partial charge in [0.05, 0.1) is 6.42 Å². The van der Waals surface area contributed by atoms with Crippen LogP contribution in [0.4, 0.5) is 8.78 Å². The van der Waals surface area contributed by atoms with E-state index in [4.69, 9.17) is 5.11 Å². The van der Waals surface area contributed by atoms with Crippen molar-refractivity contribution in [3.63, 3.8) is 0 Å². The summed E-state index contributed by atoms with van der Waals surface area (Å²) in [6.07, 6.45) is 1.06. The van der Waals surface area contributed by atoms with Crippen molar-refractivity contribution in [3.05, 3.63) is 34.9 Å². The Morgan fingerprint density at radius 3 is 2.87 bits per heavy atom. The average Bonchev–Trinajstić information content (AvgIpc) is 2.46. The number of aryl methyl sites for hydroxylation is 1. The fourth-order valence-corrected chi connectivity index (χ4v) is 2.19. The molecule has 1 N–H and O–H groups in total. The fourth-order valence-electron chi connectivity index (χ4n) is 2.19. The van der Waals surface area contributed by atoms with E-state index in [2.05, 4.69) is 0 Å². The average molecular weight is 212 g/mol. The molecule has 4 heteroatoms. The number of rotatable bonds is 2. The van der Waals surface area contributed by atoms with Crippen molar-refractivity contribution in [2.75, 3.05) is 0 Å². The molecule has 0 heterocycles. The van der Waals surface area contributed by atoms with Gasteiger partial charge in [0.1, 0.15) is 11.6 Å². The molecule has 0 bridgehead atoms. The highest BCUT2D eigenvalue weighted by atomic mass is 19.1. The molecule has 1 aromatic rings. The number of halogens is 2. The van der Waals surface area contributed by atoms with Gasteiger partial charge in [-0.2, -0.15) is 0 Å². The minimum atomic E-state index is -0.948. The quantitative estimate of drug-likeness (QED) is 0.817. The molecule has 0 aliphatic heterocycles. The van der Waals surface area contributed by atoms with Crippen LogP contribution in [0.2, 0.25) is 0 Å². The Kier molecular flexibility index (Phi) is 2.42. The van der Waals surface area contributed by atoms with Gasteiger partial charge in [0.15, 0.2) is 0 Å². The van der Waals surface area contributed by atoms with Crippen LogP contribution >= 0.6 is 0 Å². The van der Waals surface area contributed by atoms with Gasteiger partial charge in [0.25, 0.3) is 0 Å². The number of fused-ring (bicyclic) bond motifs is 1. The summed E-state index contributed by atoms with van der Waals surface area (Å²) in [5, 5.41) is 8.65. The Balaban J connectivity index is 2.37. The first-order valence-electron chi connectivity index (χ1n) is 4.77. The van der Waals surface area contributed by atoms with Crippen LogP contribution in [-0.4, -0.2) is 11.1 Å². The van der Waals surface area contributed by atoms with Crippen LogP contribution in [-0.2, 0) is 11.2 Å². The maximum absolute atomic E-state index is 13.4. The Bertz CT molecular complexity index is 415. The predicted octanol–water partition coefficient (Wildman–Crippen LogP) is 2.47. The van der Waals surface area contributed by atoms with Crippen molar-refractivity contribution in [1.82, 2.24) is 0 Å². The van der Waals surface area contributed by atoms with Gasteiger partial charge in [-0.15, -0.1) is 0 Å². The van der Waals surface area contributed by atoms with Crippen molar-refractivity contribution in [1.29, 1.82) is 0 Å². The molecule has 1 aromatic carbocycles. The van der Waals surface area contributed by atoms with Gasteiger partial charge in [0.2, 0.25) is 0 Å². The highest BCUT2D eigenvalue weighted by molar-refractivity contribution is 5.68. The zero-order valence-electron chi connectivity index (χ0n) is 7.96. The van der Waals surface area contributed by atoms with Crippen LogP contribution in [0.3, 0.4) is 0 Å². The molecule has 0 fully saturated rings. The largest absolute Gasteiger partial charge is 0.481 e. The third kappa shape index (κ3) is 1.84. The molecule has 1 unspecified atom stereocenters. The van der Waals surface area contributed by atoms with E-state index in [1.165, 1.54) is 6.07 Å². The lowest BCUT2D eigenvalue weighted by Gasteiger charge is -2.09. The van der Waals surface area contributed by atoms with Crippen LogP contribution in [0.5, 0.6) is 0 Å². The van der Waals surface area contributed by atoms with E-state index in [1.807, 2.05) is 0 Å². The maximum atomic E-state index is 13.4. The molecule has 1 aliphatic rings. The summed E-state index contributed by atoms with van der Waals surface area (Å²) in [4.78, 5) is 10.5. The summed E-state index contributed by atoms with van der Waals surface area (Å²) in [5.41, 5.74) is 0.998. The summed E-state index contributed by atoms with van der Waals surface area (Å²) in [6, 6.07) is 2.11. The van der Waals surface area contributed by atoms with Crippen molar-refractivity contribution in [3.8, 4) is 0 Å². The van der Waals surface area contributed by atoms with Crippen LogP contribution in [0.25, 0.3) is 0 Å². The zero-order valence-corrected chi connectivity index (χ0v) is 7.96. The predicted molar refractivity (Wildman–Crippen MR) is 49.7 cm³/mol. The Labute approximate surface area is 85.5 Å². The number of carbonyl (C=O) groups is 1. The molecule has 80 valence electrons. The SMILES string of the molecule is O=C(O)CC1CCc2cc(F)cc(F)c21. The third-order valence-electron chi connectivity index (χ3n) is 2.77. The van der Waals surface area contributed by atoms with E-state index >= 15 is 0 Å². The van der Waals surface area contributed by atoms with Crippen LogP contribution in [0.1, 0.15) is 29.9 Å². The Hall–Kier alpha value is -1.45. The van der Waals surface area contributed by atoms with E-state index < -0.39 is 17.6 Å². The van der Waals surface area contributed by atoms with Gasteiger partial charge in [-0.05, 0) is 36.0 Å². The smallest absolute Gasteiger partial charge is 0.303 e. The van der Waals surface area contributed by atoms with E-state index in [0.717, 1.165) is 6.07 Å². The molecule has 0 amide bonds. The molecule has 0 spiro atoms. The number of carboxylic acid groups (broad SMARTS) is 1. The maximum Gasteiger partial charge on any atom is 0.303 e. The lowest BCUT2D eigenvalue weighted by Crippen LogP contribution is -2.05. The summed E-state index contributed by atoms with van der Waals surface area (Å²) >= 11 is 0. The van der Waals surface area contributed by atoms with Gasteiger partial charge in [0, 0.05) is 6.07 Å². The van der Waals surface area contributed by atoms with Crippen molar-refractivity contribution in [2.45, 2.75) is 25.2 Å². The normalized spacial score (nSPS) is 18.9. The van der Waals surface area contributed by atoms with E-state index in [-0.39, 0.29) is 12.3 Å². The van der Waals surface area contributed by atoms with Gasteiger partial charge in [-0.25, -0.2) is 8.78 Å². The van der Waals surface area contributed by atoms with Crippen molar-refractivity contribution < 1.29 is 18.7 Å². The fraction of sp³-hybridized carbons (Fsp3) is 0.364. The summed E-state index contributed by atoms with van der Waals surface area (Å²) < 4.78 is 26.3.